The summed E-state index contributed by atoms with van der Waals surface area (Å²) in [6, 6.07) is 16.5. The van der Waals surface area contributed by atoms with E-state index in [-0.39, 0.29) is 23.1 Å². The highest BCUT2D eigenvalue weighted by Gasteiger charge is 2.33. The molecular formula is C21H15BrN4O4S. The second-order valence-electron chi connectivity index (χ2n) is 6.50. The molecule has 4 rings (SSSR count). The van der Waals surface area contributed by atoms with Gasteiger partial charge in [-0.05, 0) is 35.9 Å². The number of hydrogen-bond acceptors (Lipinski definition) is 7. The summed E-state index contributed by atoms with van der Waals surface area (Å²) >= 11 is 4.45. The number of thioether (sulfide) groups is 1. The van der Waals surface area contributed by atoms with Crippen molar-refractivity contribution >= 4 is 56.3 Å². The molecule has 1 aliphatic heterocycles. The Morgan fingerprint density at radius 1 is 1.23 bits per heavy atom. The van der Waals surface area contributed by atoms with Crippen molar-refractivity contribution in [1.29, 1.82) is 0 Å². The number of halogens is 1. The summed E-state index contributed by atoms with van der Waals surface area (Å²) in [6.07, 6.45) is 1.69. The molecule has 31 heavy (non-hydrogen) atoms. The minimum absolute atomic E-state index is 0.106. The van der Waals surface area contributed by atoms with Gasteiger partial charge in [0.25, 0.3) is 11.6 Å². The highest BCUT2D eigenvalue weighted by atomic mass is 79.9. The number of benzene rings is 2. The first-order valence-corrected chi connectivity index (χ1v) is 10.9. The fourth-order valence-electron chi connectivity index (χ4n) is 2.92. The van der Waals surface area contributed by atoms with Crippen molar-refractivity contribution in [3.63, 3.8) is 0 Å². The Morgan fingerprint density at radius 3 is 2.58 bits per heavy atom. The number of amidine groups is 1. The average molecular weight is 499 g/mol. The molecule has 2 heterocycles. The van der Waals surface area contributed by atoms with Gasteiger partial charge in [0, 0.05) is 4.47 Å². The van der Waals surface area contributed by atoms with Gasteiger partial charge in [-0.1, -0.05) is 62.7 Å². The molecule has 3 aromatic rings. The Kier molecular flexibility index (Phi) is 6.01. The van der Waals surface area contributed by atoms with Crippen LogP contribution in [0.25, 0.3) is 6.08 Å². The molecule has 8 nitrogen and oxygen atoms in total. The molecule has 0 spiro atoms. The van der Waals surface area contributed by atoms with Crippen molar-refractivity contribution in [3.8, 4) is 5.95 Å². The van der Waals surface area contributed by atoms with Crippen LogP contribution in [-0.2, 0) is 11.8 Å². The van der Waals surface area contributed by atoms with E-state index in [9.17, 15) is 14.7 Å². The largest absolute Gasteiger partial charge is 0.539 e. The maximum atomic E-state index is 13.1. The van der Waals surface area contributed by atoms with Gasteiger partial charge in [0.2, 0.25) is 5.78 Å². The lowest BCUT2D eigenvalue weighted by Crippen LogP contribution is -2.38. The van der Waals surface area contributed by atoms with Crippen molar-refractivity contribution in [3.05, 3.63) is 76.0 Å². The van der Waals surface area contributed by atoms with Crippen molar-refractivity contribution in [1.82, 2.24) is 5.27 Å². The summed E-state index contributed by atoms with van der Waals surface area (Å²) in [7, 11) is 1.45. The topological polar surface area (TPSA) is 103 Å². The summed E-state index contributed by atoms with van der Waals surface area (Å²) in [5.41, 5.74) is 1.54. The number of hydrogen-bond donors (Lipinski definition) is 0. The monoisotopic (exact) mass is 498 g/mol. The summed E-state index contributed by atoms with van der Waals surface area (Å²) in [4.78, 5) is 31.6. The molecule has 0 unspecified atom stereocenters. The van der Waals surface area contributed by atoms with Gasteiger partial charge in [0.05, 0.1) is 16.7 Å². The Hall–Kier alpha value is -3.24. The molecule has 10 heteroatoms. The predicted octanol–water partition coefficient (Wildman–Crippen LogP) is 2.70. The van der Waals surface area contributed by atoms with E-state index in [0.717, 1.165) is 26.5 Å². The third kappa shape index (κ3) is 4.44. The summed E-state index contributed by atoms with van der Waals surface area (Å²) in [5, 5.41) is 15.5. The van der Waals surface area contributed by atoms with Crippen LogP contribution in [0.2, 0.25) is 0 Å². The fraction of sp³-hybridized carbons (Fsp3) is 0.0952. The highest BCUT2D eigenvalue weighted by molar-refractivity contribution is 9.10. The molecule has 156 valence electrons. The van der Waals surface area contributed by atoms with Crippen LogP contribution < -0.4 is 14.7 Å². The normalized spacial score (nSPS) is 14.9. The minimum Gasteiger partial charge on any atom is -0.539 e. The summed E-state index contributed by atoms with van der Waals surface area (Å²) < 4.78 is 6.53. The molecular weight excluding hydrogens is 484 g/mol. The highest BCUT2D eigenvalue weighted by Crippen LogP contribution is 2.30. The zero-order chi connectivity index (χ0) is 22.0. The van der Waals surface area contributed by atoms with E-state index in [4.69, 9.17) is 0 Å². The number of nitrogens with zero attached hydrogens (tertiary/aromatic N) is 4. The van der Waals surface area contributed by atoms with Crippen LogP contribution in [0, 0.1) is 0 Å². The van der Waals surface area contributed by atoms with Crippen molar-refractivity contribution in [2.45, 2.75) is 0 Å². The standard InChI is InChI=1S/C21H15BrN4O4S/c1-25-18(20(29)30-24-25)17(27)12-31-21-23-16(11-13-7-9-14(22)10-8-13)19(28)26(21)15-5-3-2-4-6-15/h2-11H,12H2,1H3/b16-11+. The van der Waals surface area contributed by atoms with Crippen LogP contribution in [-0.4, -0.2) is 27.9 Å². The van der Waals surface area contributed by atoms with Gasteiger partial charge < -0.3 is 9.63 Å². The average Bonchev–Trinajstić information content (AvgIpc) is 3.27. The van der Waals surface area contributed by atoms with Crippen LogP contribution in [0.3, 0.4) is 0 Å². The number of aryl methyl sites for hydroxylation is 1. The zero-order valence-electron chi connectivity index (χ0n) is 16.2. The number of anilines is 1. The number of para-hydroxylation sites is 1. The van der Waals surface area contributed by atoms with Gasteiger partial charge in [-0.2, -0.15) is 0 Å². The lowest BCUT2D eigenvalue weighted by Gasteiger charge is -2.17. The summed E-state index contributed by atoms with van der Waals surface area (Å²) in [5.74, 6) is -1.67. The van der Waals surface area contributed by atoms with Gasteiger partial charge >= 0.3 is 0 Å². The third-order valence-electron chi connectivity index (χ3n) is 4.38. The molecule has 0 radical (unpaired) electrons. The molecule has 0 N–H and O–H groups in total. The predicted molar refractivity (Wildman–Crippen MR) is 117 cm³/mol. The van der Waals surface area contributed by atoms with Crippen LogP contribution in [0.1, 0.15) is 16.1 Å². The van der Waals surface area contributed by atoms with E-state index >= 15 is 0 Å². The van der Waals surface area contributed by atoms with Gasteiger partial charge in [0.1, 0.15) is 5.70 Å². The Labute approximate surface area is 190 Å². The Morgan fingerprint density at radius 2 is 1.94 bits per heavy atom. The number of aromatic nitrogens is 2. The lowest BCUT2D eigenvalue weighted by atomic mass is 10.2. The van der Waals surface area contributed by atoms with E-state index in [1.807, 2.05) is 42.5 Å². The minimum atomic E-state index is -0.798. The molecule has 1 aliphatic rings. The van der Waals surface area contributed by atoms with Crippen molar-refractivity contribution < 1.29 is 23.9 Å². The molecule has 0 fully saturated rings. The first kappa shape index (κ1) is 21.0. The van der Waals surface area contributed by atoms with Crippen LogP contribution in [0.5, 0.6) is 5.95 Å². The van der Waals surface area contributed by atoms with Gasteiger partial charge in [-0.3, -0.25) is 14.5 Å². The number of Topliss-reactive ketones (excluding diaryl/α,β-unsaturated/α-hetero) is 1. The quantitative estimate of drug-likeness (QED) is 0.304. The van der Waals surface area contributed by atoms with E-state index in [0.29, 0.717) is 10.9 Å². The van der Waals surface area contributed by atoms with E-state index < -0.39 is 11.7 Å². The SMILES string of the molecule is C[n+]1noc([O-])c1C(=O)CSC1=N/C(=C/c2ccc(Br)cc2)C(=O)N1c1ccccc1. The molecule has 0 aliphatic carbocycles. The molecule has 0 saturated carbocycles. The van der Waals surface area contributed by atoms with E-state index in [2.05, 4.69) is 30.7 Å². The number of amides is 1. The Balaban J connectivity index is 1.63. The molecule has 1 amide bonds. The molecule has 1 aromatic heterocycles. The molecule has 0 saturated heterocycles. The smallest absolute Gasteiger partial charge is 0.300 e. The summed E-state index contributed by atoms with van der Waals surface area (Å²) in [6.45, 7) is 0. The number of carbonyl (C=O) groups is 2. The fourth-order valence-corrected chi connectivity index (χ4v) is 4.06. The maximum Gasteiger partial charge on any atom is 0.300 e. The third-order valence-corrected chi connectivity index (χ3v) is 5.84. The maximum absolute atomic E-state index is 13.1. The second kappa shape index (κ2) is 8.86. The van der Waals surface area contributed by atoms with Crippen molar-refractivity contribution in [2.75, 3.05) is 10.7 Å². The van der Waals surface area contributed by atoms with E-state index in [1.165, 1.54) is 11.9 Å². The molecule has 0 atom stereocenters. The van der Waals surface area contributed by atoms with E-state index in [1.54, 1.807) is 18.2 Å². The molecule has 2 aromatic carbocycles. The van der Waals surface area contributed by atoms with Gasteiger partial charge in [-0.25, -0.2) is 4.99 Å². The zero-order valence-corrected chi connectivity index (χ0v) is 18.6. The first-order chi connectivity index (χ1) is 14.9. The van der Waals surface area contributed by atoms with Crippen molar-refractivity contribution in [2.24, 2.45) is 12.0 Å². The van der Waals surface area contributed by atoms with Gasteiger partial charge in [-0.15, -0.1) is 0 Å². The first-order valence-electron chi connectivity index (χ1n) is 9.08. The number of rotatable bonds is 5. The number of ketones is 1. The van der Waals surface area contributed by atoms with Crippen LogP contribution in [0.15, 0.2) is 74.3 Å². The number of carbonyl (C=O) groups excluding carboxylic acids is 2. The lowest BCUT2D eigenvalue weighted by molar-refractivity contribution is -0.741. The molecule has 0 bridgehead atoms. The van der Waals surface area contributed by atoms with Crippen LogP contribution in [0.4, 0.5) is 5.69 Å². The van der Waals surface area contributed by atoms with Gasteiger partial charge in [0.15, 0.2) is 18.2 Å². The Bertz CT molecular complexity index is 1190. The number of aliphatic imine (C=N–C) groups is 1. The van der Waals surface area contributed by atoms with Crippen LogP contribution >= 0.6 is 27.7 Å². The second-order valence-corrected chi connectivity index (χ2v) is 8.35.